The molecule has 0 unspecified atom stereocenters. The molecular weight excluding hydrogens is 344 g/mol. The summed E-state index contributed by atoms with van der Waals surface area (Å²) < 4.78 is 16.7. The minimum atomic E-state index is -0.238. The second-order valence-electron chi connectivity index (χ2n) is 6.98. The van der Waals surface area contributed by atoms with Crippen LogP contribution in [0.3, 0.4) is 0 Å². The summed E-state index contributed by atoms with van der Waals surface area (Å²) in [5.74, 6) is 1.11. The topological polar surface area (TPSA) is 61.8 Å². The van der Waals surface area contributed by atoms with E-state index in [1.54, 1.807) is 13.2 Å². The molecule has 140 valence electrons. The molecule has 0 heterocycles. The van der Waals surface area contributed by atoms with Gasteiger partial charge in [0.2, 0.25) is 5.75 Å². The van der Waals surface area contributed by atoms with Crippen molar-refractivity contribution in [2.45, 2.75) is 32.1 Å². The lowest BCUT2D eigenvalue weighted by Gasteiger charge is -2.25. The lowest BCUT2D eigenvalue weighted by Crippen LogP contribution is -2.26. The maximum Gasteiger partial charge on any atom is 0.314 e. The number of methoxy groups -OCH3 is 2. The van der Waals surface area contributed by atoms with Gasteiger partial charge in [0.25, 0.3) is 0 Å². The molecule has 0 bridgehead atoms. The summed E-state index contributed by atoms with van der Waals surface area (Å²) in [5, 5.41) is 0. The van der Waals surface area contributed by atoms with Crippen LogP contribution in [0.5, 0.6) is 17.2 Å². The first-order valence-corrected chi connectivity index (χ1v) is 9.26. The molecule has 2 aliphatic rings. The zero-order chi connectivity index (χ0) is 19.0. The molecule has 1 saturated carbocycles. The van der Waals surface area contributed by atoms with Gasteiger partial charge in [0.15, 0.2) is 17.3 Å². The number of Topliss-reactive ketones (excluding diaryl/α,β-unsaturated/α-hetero) is 1. The normalized spacial score (nSPS) is 15.9. The van der Waals surface area contributed by atoms with E-state index in [0.29, 0.717) is 30.1 Å². The van der Waals surface area contributed by atoms with Crippen molar-refractivity contribution in [3.63, 3.8) is 0 Å². The van der Waals surface area contributed by atoms with Crippen molar-refractivity contribution in [2.24, 2.45) is 5.92 Å². The third-order valence-corrected chi connectivity index (χ3v) is 5.51. The zero-order valence-electron chi connectivity index (χ0n) is 15.5. The molecule has 1 fully saturated rings. The molecule has 0 aliphatic heterocycles. The third kappa shape index (κ3) is 2.97. The first-order valence-electron chi connectivity index (χ1n) is 9.26. The SMILES string of the molecule is COc1ccc(-c2cccc3c2CCC3=O)c(OC(=O)C2CCC2)c1OC. The highest BCUT2D eigenvalue weighted by atomic mass is 16.6. The number of hydrogen-bond acceptors (Lipinski definition) is 5. The summed E-state index contributed by atoms with van der Waals surface area (Å²) in [5.41, 5.74) is 3.39. The summed E-state index contributed by atoms with van der Waals surface area (Å²) in [7, 11) is 3.08. The fourth-order valence-corrected chi connectivity index (χ4v) is 3.78. The van der Waals surface area contributed by atoms with E-state index in [4.69, 9.17) is 14.2 Å². The molecule has 2 aromatic carbocycles. The van der Waals surface area contributed by atoms with E-state index in [0.717, 1.165) is 41.5 Å². The molecular formula is C22H22O5. The van der Waals surface area contributed by atoms with Gasteiger partial charge in [-0.3, -0.25) is 9.59 Å². The molecule has 27 heavy (non-hydrogen) atoms. The highest BCUT2D eigenvalue weighted by Gasteiger charge is 2.31. The molecule has 2 aliphatic carbocycles. The maximum atomic E-state index is 12.6. The summed E-state index contributed by atoms with van der Waals surface area (Å²) in [4.78, 5) is 24.7. The van der Waals surface area contributed by atoms with Gasteiger partial charge in [0.05, 0.1) is 20.1 Å². The van der Waals surface area contributed by atoms with Gasteiger partial charge in [-0.2, -0.15) is 0 Å². The average Bonchev–Trinajstić information content (AvgIpc) is 3.01. The predicted octanol–water partition coefficient (Wildman–Crippen LogP) is 4.21. The van der Waals surface area contributed by atoms with Crippen LogP contribution >= 0.6 is 0 Å². The van der Waals surface area contributed by atoms with E-state index in [1.807, 2.05) is 24.3 Å². The van der Waals surface area contributed by atoms with Gasteiger partial charge in [-0.1, -0.05) is 24.6 Å². The van der Waals surface area contributed by atoms with Crippen molar-refractivity contribution in [3.05, 3.63) is 41.5 Å². The Bertz CT molecular complexity index is 911. The molecule has 2 aromatic rings. The largest absolute Gasteiger partial charge is 0.493 e. The number of ether oxygens (including phenoxy) is 3. The van der Waals surface area contributed by atoms with E-state index in [1.165, 1.54) is 7.11 Å². The summed E-state index contributed by atoms with van der Waals surface area (Å²) in [6.07, 6.45) is 3.97. The molecule has 0 amide bonds. The number of carbonyl (C=O) groups is 2. The maximum absolute atomic E-state index is 12.6. The molecule has 0 aromatic heterocycles. The quantitative estimate of drug-likeness (QED) is 0.586. The van der Waals surface area contributed by atoms with Crippen LogP contribution in [0.15, 0.2) is 30.3 Å². The van der Waals surface area contributed by atoms with Gasteiger partial charge in [-0.25, -0.2) is 0 Å². The Balaban J connectivity index is 1.85. The van der Waals surface area contributed by atoms with Crippen LogP contribution in [0.2, 0.25) is 0 Å². The minimum Gasteiger partial charge on any atom is -0.493 e. The van der Waals surface area contributed by atoms with Gasteiger partial charge < -0.3 is 14.2 Å². The Morgan fingerprint density at radius 1 is 0.926 bits per heavy atom. The van der Waals surface area contributed by atoms with Gasteiger partial charge in [-0.05, 0) is 42.5 Å². The monoisotopic (exact) mass is 366 g/mol. The van der Waals surface area contributed by atoms with Crippen molar-refractivity contribution in [1.82, 2.24) is 0 Å². The molecule has 0 N–H and O–H groups in total. The Labute approximate surface area is 158 Å². The standard InChI is InChI=1S/C22H22O5/c1-25-19-12-10-17(14-7-4-8-16-15(14)9-11-18(16)23)20(21(19)26-2)27-22(24)13-5-3-6-13/h4,7-8,10,12-13H,3,5-6,9,11H2,1-2H3. The Hall–Kier alpha value is -2.82. The minimum absolute atomic E-state index is 0.0585. The summed E-state index contributed by atoms with van der Waals surface area (Å²) in [6, 6.07) is 9.34. The first kappa shape index (κ1) is 17.6. The molecule has 0 atom stereocenters. The summed E-state index contributed by atoms with van der Waals surface area (Å²) in [6.45, 7) is 0. The first-order chi connectivity index (χ1) is 13.1. The highest BCUT2D eigenvalue weighted by molar-refractivity contribution is 6.03. The summed E-state index contributed by atoms with van der Waals surface area (Å²) >= 11 is 0. The molecule has 0 spiro atoms. The average molecular weight is 366 g/mol. The zero-order valence-corrected chi connectivity index (χ0v) is 15.5. The van der Waals surface area contributed by atoms with Crippen molar-refractivity contribution in [3.8, 4) is 28.4 Å². The van der Waals surface area contributed by atoms with E-state index < -0.39 is 0 Å². The number of rotatable bonds is 5. The van der Waals surface area contributed by atoms with Crippen molar-refractivity contribution in [2.75, 3.05) is 14.2 Å². The molecule has 0 saturated heterocycles. The van der Waals surface area contributed by atoms with Crippen molar-refractivity contribution in [1.29, 1.82) is 0 Å². The number of fused-ring (bicyclic) bond motifs is 1. The Kier molecular flexibility index (Phi) is 4.60. The molecule has 0 radical (unpaired) electrons. The number of hydrogen-bond donors (Lipinski definition) is 0. The van der Waals surface area contributed by atoms with E-state index in [-0.39, 0.29) is 17.7 Å². The van der Waals surface area contributed by atoms with Crippen LogP contribution in [0, 0.1) is 5.92 Å². The molecule has 4 rings (SSSR count). The number of benzene rings is 2. The second-order valence-corrected chi connectivity index (χ2v) is 6.98. The van der Waals surface area contributed by atoms with Crippen LogP contribution in [0.4, 0.5) is 0 Å². The molecule has 5 heteroatoms. The number of carbonyl (C=O) groups excluding carboxylic acids is 2. The van der Waals surface area contributed by atoms with Crippen LogP contribution in [-0.2, 0) is 11.2 Å². The predicted molar refractivity (Wildman–Crippen MR) is 101 cm³/mol. The lowest BCUT2D eigenvalue weighted by molar-refractivity contribution is -0.141. The van der Waals surface area contributed by atoms with E-state index in [9.17, 15) is 9.59 Å². The Morgan fingerprint density at radius 2 is 1.70 bits per heavy atom. The highest BCUT2D eigenvalue weighted by Crippen LogP contribution is 2.47. The van der Waals surface area contributed by atoms with E-state index in [2.05, 4.69) is 0 Å². The van der Waals surface area contributed by atoms with Crippen LogP contribution in [-0.4, -0.2) is 26.0 Å². The lowest BCUT2D eigenvalue weighted by atomic mass is 9.85. The number of esters is 1. The van der Waals surface area contributed by atoms with Gasteiger partial charge in [-0.15, -0.1) is 0 Å². The van der Waals surface area contributed by atoms with E-state index >= 15 is 0 Å². The van der Waals surface area contributed by atoms with Crippen LogP contribution in [0.25, 0.3) is 11.1 Å². The van der Waals surface area contributed by atoms with Gasteiger partial charge >= 0.3 is 5.97 Å². The van der Waals surface area contributed by atoms with Crippen LogP contribution < -0.4 is 14.2 Å². The second kappa shape index (κ2) is 7.06. The third-order valence-electron chi connectivity index (χ3n) is 5.51. The molecule has 5 nitrogen and oxygen atoms in total. The fraction of sp³-hybridized carbons (Fsp3) is 0.364. The van der Waals surface area contributed by atoms with Crippen molar-refractivity contribution < 1.29 is 23.8 Å². The van der Waals surface area contributed by atoms with Crippen LogP contribution in [0.1, 0.15) is 41.6 Å². The smallest absolute Gasteiger partial charge is 0.314 e. The fourth-order valence-electron chi connectivity index (χ4n) is 3.78. The Morgan fingerprint density at radius 3 is 2.37 bits per heavy atom. The number of ketones is 1. The van der Waals surface area contributed by atoms with Gasteiger partial charge in [0, 0.05) is 17.5 Å². The van der Waals surface area contributed by atoms with Gasteiger partial charge in [0.1, 0.15) is 0 Å². The van der Waals surface area contributed by atoms with Crippen molar-refractivity contribution >= 4 is 11.8 Å².